The van der Waals surface area contributed by atoms with Crippen LogP contribution in [0.5, 0.6) is 0 Å². The van der Waals surface area contributed by atoms with Crippen molar-refractivity contribution in [3.05, 3.63) is 0 Å². The maximum atomic E-state index is 11.2. The molecule has 0 saturated heterocycles. The number of phosphoric acid groups is 2. The molecule has 0 radical (unpaired) electrons. The third-order valence-corrected chi connectivity index (χ3v) is 18.1. The summed E-state index contributed by atoms with van der Waals surface area (Å²) in [5.41, 5.74) is -1.49. The molecule has 528 valence electrons. The zero-order valence-electron chi connectivity index (χ0n) is 62.9. The number of phosphoric ester groups is 1. The van der Waals surface area contributed by atoms with Crippen molar-refractivity contribution >= 4 is 15.6 Å². The van der Waals surface area contributed by atoms with E-state index in [1.54, 1.807) is 41.5 Å². The average molecular weight is 1270 g/mol. The molecular weight excluding hydrogens is 1110 g/mol. The molecule has 86 heavy (non-hydrogen) atoms. The van der Waals surface area contributed by atoms with Crippen LogP contribution in [0, 0.1) is 0 Å². The van der Waals surface area contributed by atoms with Crippen molar-refractivity contribution in [1.82, 2.24) is 0 Å². The second-order valence-electron chi connectivity index (χ2n) is 27.9. The summed E-state index contributed by atoms with van der Waals surface area (Å²) in [5, 5.41) is 0. The lowest BCUT2D eigenvalue weighted by molar-refractivity contribution is -0.929. The second kappa shape index (κ2) is 62.5. The first-order chi connectivity index (χ1) is 40.4. The molecule has 0 aliphatic heterocycles. The maximum Gasteiger partial charge on any atom is 0.268 e. The van der Waals surface area contributed by atoms with E-state index in [1.807, 2.05) is 0 Å². The van der Waals surface area contributed by atoms with Crippen molar-refractivity contribution in [3.8, 4) is 0 Å². The molecule has 0 aliphatic carbocycles. The lowest BCUT2D eigenvalue weighted by atomic mass is 10.1. The minimum atomic E-state index is -5.39. The Kier molecular flexibility index (Phi) is 70.6. The quantitative estimate of drug-likeness (QED) is 0.0432. The van der Waals surface area contributed by atoms with E-state index in [2.05, 4.69) is 111 Å². The van der Waals surface area contributed by atoms with Crippen molar-refractivity contribution < 1.29 is 55.7 Å². The van der Waals surface area contributed by atoms with E-state index >= 15 is 0 Å². The van der Waals surface area contributed by atoms with Gasteiger partial charge in [-0.05, 0) is 144 Å². The Morgan fingerprint density at radius 2 is 0.314 bits per heavy atom. The van der Waals surface area contributed by atoms with Crippen molar-refractivity contribution in [2.24, 2.45) is 0 Å². The van der Waals surface area contributed by atoms with Gasteiger partial charge in [0, 0.05) is 0 Å². The monoisotopic (exact) mass is 1270 g/mol. The molecule has 0 fully saturated rings. The Morgan fingerprint density at radius 3 is 0.372 bits per heavy atom. The molecule has 0 heterocycles. The normalized spacial score (nSPS) is 12.4. The Morgan fingerprint density at radius 1 is 0.233 bits per heavy atom. The molecule has 0 amide bonds. The third kappa shape index (κ3) is 68.4. The Bertz CT molecular complexity index is 1130. The van der Waals surface area contributed by atoms with Gasteiger partial charge in [0.25, 0.3) is 7.82 Å². The molecule has 0 aromatic heterocycles. The number of hydrogen-bond acceptors (Lipinski definition) is 8. The molecule has 0 unspecified atom stereocenters. The van der Waals surface area contributed by atoms with Crippen LogP contribution in [-0.2, 0) is 18.2 Å². The van der Waals surface area contributed by atoms with Crippen LogP contribution in [0.25, 0.3) is 0 Å². The smallest absolute Gasteiger partial charge is 0.268 e. The van der Waals surface area contributed by atoms with Gasteiger partial charge in [-0.2, -0.15) is 7.82 Å². The van der Waals surface area contributed by atoms with Crippen molar-refractivity contribution in [3.63, 3.8) is 0 Å². The Hall–Kier alpha value is 0.0600. The van der Waals surface area contributed by atoms with E-state index in [0.717, 1.165) is 0 Å². The van der Waals surface area contributed by atoms with Gasteiger partial charge < -0.3 is 51.1 Å². The molecule has 0 aliphatic rings. The van der Waals surface area contributed by atoms with Gasteiger partial charge in [-0.1, -0.05) is 214 Å². The zero-order chi connectivity index (χ0) is 67.4. The van der Waals surface area contributed by atoms with Crippen LogP contribution in [0.1, 0.15) is 358 Å². The number of quaternary nitrogens is 4. The number of hydrogen-bond donors (Lipinski definition) is 0. The fourth-order valence-corrected chi connectivity index (χ4v) is 12.6. The van der Waals surface area contributed by atoms with E-state index < -0.39 is 26.8 Å². The van der Waals surface area contributed by atoms with Gasteiger partial charge in [0.05, 0.1) is 116 Å². The molecule has 14 heteroatoms. The second-order valence-corrected chi connectivity index (χ2v) is 30.1. The first kappa shape index (κ1) is 97.1. The molecule has 12 nitrogen and oxygen atoms in total. The van der Waals surface area contributed by atoms with Gasteiger partial charge in [0.2, 0.25) is 0 Å². The molecule has 0 atom stereocenters. The van der Waals surface area contributed by atoms with Gasteiger partial charge in [-0.3, -0.25) is 4.57 Å². The summed E-state index contributed by atoms with van der Waals surface area (Å²) in [5.74, 6) is 0. The molecular formula is C72H162N4O8P2. The minimum absolute atomic E-state index is 0.747. The molecule has 0 rings (SSSR count). The summed E-state index contributed by atoms with van der Waals surface area (Å²) in [6.07, 6.45) is 44.2. The summed E-state index contributed by atoms with van der Waals surface area (Å²) < 4.78 is 35.0. The van der Waals surface area contributed by atoms with E-state index in [1.165, 1.54) is 328 Å². The third-order valence-electron chi connectivity index (χ3n) is 16.5. The van der Waals surface area contributed by atoms with E-state index in [0.29, 0.717) is 0 Å². The van der Waals surface area contributed by atoms with Crippen LogP contribution in [0.4, 0.5) is 0 Å². The first-order valence-corrected chi connectivity index (χ1v) is 40.2. The predicted molar refractivity (Wildman–Crippen MR) is 374 cm³/mol. The van der Waals surface area contributed by atoms with E-state index in [9.17, 15) is 9.46 Å². The van der Waals surface area contributed by atoms with Crippen LogP contribution in [0.3, 0.4) is 0 Å². The summed E-state index contributed by atoms with van der Waals surface area (Å²) in [7, 11) is -9.57. The minimum Gasteiger partial charge on any atom is -0.822 e. The topological polar surface area (TPSA) is 145 Å². The lowest BCUT2D eigenvalue weighted by Crippen LogP contribution is -2.50. The Labute approximate surface area is 542 Å². The van der Waals surface area contributed by atoms with Gasteiger partial charge in [-0.25, -0.2) is 0 Å². The summed E-state index contributed by atoms with van der Waals surface area (Å²) in [6.45, 7) is 70.0. The summed E-state index contributed by atoms with van der Waals surface area (Å²) in [4.78, 5) is 36.9. The number of nitrogens with zero attached hydrogens (tertiary/aromatic N) is 4. The molecule has 0 N–H and O–H groups in total. The van der Waals surface area contributed by atoms with Crippen molar-refractivity contribution in [1.29, 1.82) is 0 Å². The fraction of sp³-hybridized carbons (Fsp3) is 1.00. The lowest BCUT2D eigenvalue weighted by Gasteiger charge is -2.39. The van der Waals surface area contributed by atoms with Gasteiger partial charge in [-0.15, -0.1) is 0 Å². The van der Waals surface area contributed by atoms with Gasteiger partial charge in [0.1, 0.15) is 0 Å². The van der Waals surface area contributed by atoms with E-state index in [-0.39, 0.29) is 0 Å². The number of unbranched alkanes of at least 4 members (excludes halogenated alkanes) is 16. The highest BCUT2D eigenvalue weighted by Crippen LogP contribution is 2.46. The largest absolute Gasteiger partial charge is 0.822 e. The molecule has 0 bridgehead atoms. The number of rotatable bonds is 50. The van der Waals surface area contributed by atoms with Gasteiger partial charge >= 0.3 is 0 Å². The highest BCUT2D eigenvalue weighted by atomic mass is 31.2. The van der Waals surface area contributed by atoms with E-state index in [4.69, 9.17) is 28.3 Å². The first-order valence-electron chi connectivity index (χ1n) is 37.2. The van der Waals surface area contributed by atoms with Crippen LogP contribution < -0.4 is 19.6 Å². The fourth-order valence-electron chi connectivity index (χ4n) is 11.3. The predicted octanol–water partition coefficient (Wildman–Crippen LogP) is 19.3. The molecule has 0 aromatic carbocycles. The zero-order valence-corrected chi connectivity index (χ0v) is 64.7. The van der Waals surface area contributed by atoms with Crippen LogP contribution in [0.2, 0.25) is 0 Å². The highest BCUT2D eigenvalue weighted by molar-refractivity contribution is 7.46. The van der Waals surface area contributed by atoms with Gasteiger partial charge in [0.15, 0.2) is 0 Å². The average Bonchev–Trinajstić information content (AvgIpc) is 3.60. The van der Waals surface area contributed by atoms with Crippen molar-refractivity contribution in [2.75, 3.05) is 105 Å². The van der Waals surface area contributed by atoms with Crippen LogP contribution >= 0.6 is 15.6 Å². The van der Waals surface area contributed by atoms with Crippen LogP contribution in [-0.4, -0.2) is 134 Å². The SMILES string of the molecule is CC(C)(C)OP(=O)([O-])OC(C)(C)C.CCCC[N+](CCCC)(CCCC)CCCC.CCCC[N+](CCCC)(CCCC)CCCC.CCCC[N+](CCCC)(CCCC)CCCC.CCCC[N+](CCCC)(CCCC)CCCC.O=P([O-])([O-])[O-]. The summed E-state index contributed by atoms with van der Waals surface area (Å²) in [6, 6.07) is 0. The molecule has 0 saturated carbocycles. The standard InChI is InChI=1S/4C16H36N.C8H19O4P.H3O4P/c4*1-5-9-13-17(14-10-6-2,15-11-7-3)16-12-8-4;1-7(2,3)11-13(9,10)12-8(4,5)6;1-5(2,3)4/h4*5-16H2,1-4H3;1-6H3,(H,9,10);(H3,1,2,3,4)/q4*+1;;/p-4. The highest BCUT2D eigenvalue weighted by Gasteiger charge is 2.29. The Balaban J connectivity index is -0.000000228. The molecule has 0 aromatic rings. The molecule has 0 spiro atoms. The maximum absolute atomic E-state index is 11.2. The summed E-state index contributed by atoms with van der Waals surface area (Å²) >= 11 is 0. The van der Waals surface area contributed by atoms with Crippen molar-refractivity contribution in [2.45, 2.75) is 369 Å². The van der Waals surface area contributed by atoms with Crippen LogP contribution in [0.15, 0.2) is 0 Å².